The molecule has 0 aliphatic carbocycles. The van der Waals surface area contributed by atoms with Gasteiger partial charge in [-0.1, -0.05) is 41.9 Å². The Morgan fingerprint density at radius 3 is 2.54 bits per heavy atom. The number of benzene rings is 2. The number of amides is 2. The van der Waals surface area contributed by atoms with E-state index in [0.717, 1.165) is 22.0 Å². The summed E-state index contributed by atoms with van der Waals surface area (Å²) in [7, 11) is 0. The fraction of sp³-hybridized carbons (Fsp3) is 0.200. The molecule has 6 heteroatoms. The Hall–Kier alpha value is -2.79. The van der Waals surface area contributed by atoms with Gasteiger partial charge in [0.1, 0.15) is 0 Å². The van der Waals surface area contributed by atoms with E-state index in [9.17, 15) is 9.59 Å². The van der Waals surface area contributed by atoms with E-state index in [4.69, 9.17) is 11.6 Å². The molecule has 3 N–H and O–H groups in total. The van der Waals surface area contributed by atoms with E-state index in [2.05, 4.69) is 15.6 Å². The van der Waals surface area contributed by atoms with Crippen LogP contribution in [0.25, 0.3) is 10.9 Å². The maximum absolute atomic E-state index is 12.1. The summed E-state index contributed by atoms with van der Waals surface area (Å²) in [6.45, 7) is 0.487. The number of hydrogen-bond donors (Lipinski definition) is 3. The molecule has 2 aromatic carbocycles. The van der Waals surface area contributed by atoms with Crippen molar-refractivity contribution in [3.63, 3.8) is 0 Å². The smallest absolute Gasteiger partial charge is 0.239 e. The number of aromatic amines is 1. The van der Waals surface area contributed by atoms with Gasteiger partial charge in [-0.05, 0) is 35.7 Å². The molecule has 0 saturated carbocycles. The monoisotopic (exact) mass is 369 g/mol. The van der Waals surface area contributed by atoms with E-state index in [1.54, 1.807) is 0 Å². The summed E-state index contributed by atoms with van der Waals surface area (Å²) >= 11 is 5.84. The Labute approximate surface area is 156 Å². The topological polar surface area (TPSA) is 74.0 Å². The number of H-pyrrole nitrogens is 1. The lowest BCUT2D eigenvalue weighted by molar-refractivity contribution is -0.125. The molecule has 0 fully saturated rings. The largest absolute Gasteiger partial charge is 0.361 e. The van der Waals surface area contributed by atoms with E-state index < -0.39 is 0 Å². The molecule has 3 rings (SSSR count). The fourth-order valence-corrected chi connectivity index (χ4v) is 2.88. The zero-order valence-corrected chi connectivity index (χ0v) is 15.0. The lowest BCUT2D eigenvalue weighted by Crippen LogP contribution is -2.38. The minimum atomic E-state index is -0.203. The minimum Gasteiger partial charge on any atom is -0.361 e. The molecule has 0 spiro atoms. The highest BCUT2D eigenvalue weighted by Crippen LogP contribution is 2.17. The SMILES string of the molecule is O=C(CNC(=O)Cc1c[nH]c2ccccc12)NCCc1ccc(Cl)cc1. The quantitative estimate of drug-likeness (QED) is 0.599. The van der Waals surface area contributed by atoms with Crippen LogP contribution in [-0.2, 0) is 22.4 Å². The van der Waals surface area contributed by atoms with Crippen LogP contribution in [0.3, 0.4) is 0 Å². The predicted octanol–water partition coefficient (Wildman–Crippen LogP) is 2.84. The van der Waals surface area contributed by atoms with Gasteiger partial charge in [0.2, 0.25) is 11.8 Å². The summed E-state index contributed by atoms with van der Waals surface area (Å²) in [4.78, 5) is 27.1. The number of halogens is 1. The van der Waals surface area contributed by atoms with Crippen molar-refractivity contribution in [1.29, 1.82) is 0 Å². The molecule has 134 valence electrons. The molecule has 0 aliphatic rings. The zero-order chi connectivity index (χ0) is 18.4. The number of carbonyl (C=O) groups is 2. The molecule has 0 unspecified atom stereocenters. The van der Waals surface area contributed by atoms with Gasteiger partial charge in [0.15, 0.2) is 0 Å². The maximum atomic E-state index is 12.1. The van der Waals surface area contributed by atoms with Crippen molar-refractivity contribution in [2.24, 2.45) is 0 Å². The number of carbonyl (C=O) groups excluding carboxylic acids is 2. The third kappa shape index (κ3) is 4.86. The molecule has 26 heavy (non-hydrogen) atoms. The number of hydrogen-bond acceptors (Lipinski definition) is 2. The first kappa shape index (κ1) is 18.0. The van der Waals surface area contributed by atoms with Crippen LogP contribution in [0.4, 0.5) is 0 Å². The lowest BCUT2D eigenvalue weighted by Gasteiger charge is -2.07. The van der Waals surface area contributed by atoms with Crippen molar-refractivity contribution in [1.82, 2.24) is 15.6 Å². The van der Waals surface area contributed by atoms with Crippen molar-refractivity contribution < 1.29 is 9.59 Å². The molecule has 5 nitrogen and oxygen atoms in total. The summed E-state index contributed by atoms with van der Waals surface area (Å²) in [5, 5.41) is 7.17. The predicted molar refractivity (Wildman–Crippen MR) is 103 cm³/mol. The molecule has 1 aromatic heterocycles. The van der Waals surface area contributed by atoms with Crippen LogP contribution in [0, 0.1) is 0 Å². The van der Waals surface area contributed by atoms with Gasteiger partial charge in [0.25, 0.3) is 0 Å². The van der Waals surface area contributed by atoms with Gasteiger partial charge in [0, 0.05) is 28.7 Å². The maximum Gasteiger partial charge on any atom is 0.239 e. The molecule has 0 atom stereocenters. The summed E-state index contributed by atoms with van der Waals surface area (Å²) in [5.74, 6) is -0.381. The van der Waals surface area contributed by atoms with Crippen LogP contribution in [-0.4, -0.2) is 29.9 Å². The Kier molecular flexibility index (Phi) is 5.92. The highest BCUT2D eigenvalue weighted by Gasteiger charge is 2.09. The standard InChI is InChI=1S/C20H20ClN3O2/c21-16-7-5-14(6-8-16)9-10-22-20(26)13-24-19(25)11-15-12-23-18-4-2-1-3-17(15)18/h1-8,12,23H,9-11,13H2,(H,22,26)(H,24,25). The number of aromatic nitrogens is 1. The average Bonchev–Trinajstić information content (AvgIpc) is 3.05. The minimum absolute atomic E-state index is 0.0260. The second kappa shape index (κ2) is 8.54. The molecule has 2 amide bonds. The van der Waals surface area contributed by atoms with Gasteiger partial charge in [-0.25, -0.2) is 0 Å². The van der Waals surface area contributed by atoms with Crippen LogP contribution in [0.5, 0.6) is 0 Å². The molecule has 1 heterocycles. The van der Waals surface area contributed by atoms with Gasteiger partial charge in [0.05, 0.1) is 13.0 Å². The molecular weight excluding hydrogens is 350 g/mol. The average molecular weight is 370 g/mol. The van der Waals surface area contributed by atoms with Crippen molar-refractivity contribution in [3.05, 3.63) is 70.9 Å². The highest BCUT2D eigenvalue weighted by molar-refractivity contribution is 6.30. The van der Waals surface area contributed by atoms with Gasteiger partial charge < -0.3 is 15.6 Å². The third-order valence-corrected chi connectivity index (χ3v) is 4.37. The molecule has 0 aliphatic heterocycles. The van der Waals surface area contributed by atoms with Crippen molar-refractivity contribution in [3.8, 4) is 0 Å². The number of rotatable bonds is 7. The normalized spacial score (nSPS) is 10.7. The summed E-state index contributed by atoms with van der Waals surface area (Å²) in [6, 6.07) is 15.3. The molecule has 3 aromatic rings. The molecule has 0 saturated heterocycles. The number of nitrogens with one attached hydrogen (secondary N) is 3. The second-order valence-corrected chi connectivity index (χ2v) is 6.48. The van der Waals surface area contributed by atoms with Crippen molar-refractivity contribution in [2.75, 3.05) is 13.1 Å². The van der Waals surface area contributed by atoms with Crippen molar-refractivity contribution in [2.45, 2.75) is 12.8 Å². The Bertz CT molecular complexity index is 903. The number of fused-ring (bicyclic) bond motifs is 1. The summed E-state index contributed by atoms with van der Waals surface area (Å²) in [5.41, 5.74) is 3.01. The van der Waals surface area contributed by atoms with E-state index in [0.29, 0.717) is 18.0 Å². The first-order chi connectivity index (χ1) is 12.6. The summed E-state index contributed by atoms with van der Waals surface area (Å²) < 4.78 is 0. The number of para-hydroxylation sites is 1. The van der Waals surface area contributed by atoms with Crippen LogP contribution < -0.4 is 10.6 Å². The zero-order valence-electron chi connectivity index (χ0n) is 14.2. The van der Waals surface area contributed by atoms with Gasteiger partial charge in [-0.2, -0.15) is 0 Å². The van der Waals surface area contributed by atoms with Crippen LogP contribution in [0.2, 0.25) is 5.02 Å². The first-order valence-corrected chi connectivity index (χ1v) is 8.82. The molecule has 0 radical (unpaired) electrons. The van der Waals surface area contributed by atoms with Crippen LogP contribution >= 0.6 is 11.6 Å². The fourth-order valence-electron chi connectivity index (χ4n) is 2.75. The van der Waals surface area contributed by atoms with E-state index in [-0.39, 0.29) is 24.8 Å². The first-order valence-electron chi connectivity index (χ1n) is 8.44. The van der Waals surface area contributed by atoms with Crippen molar-refractivity contribution >= 4 is 34.3 Å². The lowest BCUT2D eigenvalue weighted by atomic mass is 10.1. The van der Waals surface area contributed by atoms with Gasteiger partial charge >= 0.3 is 0 Å². The third-order valence-electron chi connectivity index (χ3n) is 4.12. The Morgan fingerprint density at radius 2 is 1.73 bits per heavy atom. The second-order valence-electron chi connectivity index (χ2n) is 6.04. The Morgan fingerprint density at radius 1 is 0.962 bits per heavy atom. The highest BCUT2D eigenvalue weighted by atomic mass is 35.5. The van der Waals surface area contributed by atoms with Crippen LogP contribution in [0.1, 0.15) is 11.1 Å². The van der Waals surface area contributed by atoms with Gasteiger partial charge in [-0.15, -0.1) is 0 Å². The Balaban J connectivity index is 1.39. The van der Waals surface area contributed by atoms with Crippen LogP contribution in [0.15, 0.2) is 54.7 Å². The van der Waals surface area contributed by atoms with E-state index >= 15 is 0 Å². The van der Waals surface area contributed by atoms with Gasteiger partial charge in [-0.3, -0.25) is 9.59 Å². The molecular formula is C20H20ClN3O2. The summed E-state index contributed by atoms with van der Waals surface area (Å²) in [6.07, 6.45) is 2.78. The van der Waals surface area contributed by atoms with E-state index in [1.165, 1.54) is 0 Å². The van der Waals surface area contributed by atoms with E-state index in [1.807, 2.05) is 54.7 Å². The molecule has 0 bridgehead atoms.